The minimum atomic E-state index is -0.0817. The second kappa shape index (κ2) is 9.02. The maximum Gasteiger partial charge on any atom is 0.227 e. The highest BCUT2D eigenvalue weighted by Crippen LogP contribution is 2.30. The van der Waals surface area contributed by atoms with Crippen molar-refractivity contribution in [3.63, 3.8) is 0 Å². The zero-order chi connectivity index (χ0) is 15.5. The van der Waals surface area contributed by atoms with E-state index in [9.17, 15) is 4.79 Å². The molecule has 24 heavy (non-hydrogen) atoms. The molecule has 2 bridgehead atoms. The van der Waals surface area contributed by atoms with E-state index in [0.29, 0.717) is 0 Å². The summed E-state index contributed by atoms with van der Waals surface area (Å²) in [6, 6.07) is 11.8. The molecule has 2 atom stereocenters. The van der Waals surface area contributed by atoms with Crippen LogP contribution in [0.4, 0.5) is 5.69 Å². The van der Waals surface area contributed by atoms with Crippen LogP contribution in [0.2, 0.25) is 0 Å². The van der Waals surface area contributed by atoms with Gasteiger partial charge in [0.25, 0.3) is 0 Å². The molecule has 0 aliphatic carbocycles. The number of aromatic nitrogens is 1. The molecule has 3 rings (SSSR count). The van der Waals surface area contributed by atoms with Gasteiger partial charge in [0.2, 0.25) is 5.91 Å². The first kappa shape index (κ1) is 20.4. The van der Waals surface area contributed by atoms with Gasteiger partial charge in [0.1, 0.15) is 0 Å². The molecule has 3 N–H and O–H groups in total. The molecule has 1 amide bonds. The summed E-state index contributed by atoms with van der Waals surface area (Å²) in [4.78, 5) is 16.8. The molecule has 4 nitrogen and oxygen atoms in total. The normalized spacial score (nSPS) is 20.2. The first-order chi connectivity index (χ1) is 10.6. The largest absolute Gasteiger partial charge is 0.325 e. The highest BCUT2D eigenvalue weighted by molar-refractivity contribution is 5.96. The third kappa shape index (κ3) is 4.47. The monoisotopic (exact) mass is 367 g/mol. The van der Waals surface area contributed by atoms with Crippen LogP contribution in [0, 0.1) is 5.92 Å². The van der Waals surface area contributed by atoms with Crippen LogP contribution in [0.25, 0.3) is 11.1 Å². The average Bonchev–Trinajstić information content (AvgIpc) is 2.54. The minimum absolute atomic E-state index is 0. The summed E-state index contributed by atoms with van der Waals surface area (Å²) in [7, 11) is 0. The van der Waals surface area contributed by atoms with Crippen LogP contribution in [0.15, 0.2) is 42.6 Å². The Hall–Kier alpha value is -1.62. The number of rotatable bonds is 0. The van der Waals surface area contributed by atoms with Gasteiger partial charge < -0.3 is 11.1 Å². The highest BCUT2D eigenvalue weighted by atomic mass is 35.5. The standard InChI is InChI=1S/C18H21N3O.2ClH/c1-12-5-4-7-15(19)17-11-13(9-10-20-17)14-6-2-3-8-16(14)21-18(12)22;;/h2-3,6,8-12,15H,4-5,7,19H2,1H3,(H,21,22);2*1H/t12-,15+;;/m1../s1. The van der Waals surface area contributed by atoms with E-state index in [1.807, 2.05) is 43.3 Å². The lowest BCUT2D eigenvalue weighted by molar-refractivity contribution is -0.119. The molecule has 1 aliphatic rings. The Labute approximate surface area is 155 Å². The number of carbonyl (C=O) groups excluding carboxylic acids is 1. The van der Waals surface area contributed by atoms with Gasteiger partial charge in [0, 0.05) is 29.4 Å². The van der Waals surface area contributed by atoms with Gasteiger partial charge in [-0.25, -0.2) is 0 Å². The smallest absolute Gasteiger partial charge is 0.227 e. The van der Waals surface area contributed by atoms with Gasteiger partial charge in [0.15, 0.2) is 0 Å². The molecule has 1 aromatic carbocycles. The van der Waals surface area contributed by atoms with Gasteiger partial charge in [-0.15, -0.1) is 24.8 Å². The van der Waals surface area contributed by atoms with Crippen LogP contribution in [-0.4, -0.2) is 10.9 Å². The SMILES string of the molecule is C[C@@H]1CCC[C@H](N)c2cc(ccn2)-c2ccccc2NC1=O.Cl.Cl. The van der Waals surface area contributed by atoms with Gasteiger partial charge in [-0.1, -0.05) is 31.5 Å². The first-order valence-electron chi connectivity index (χ1n) is 7.77. The van der Waals surface area contributed by atoms with Gasteiger partial charge in [-0.3, -0.25) is 9.78 Å². The number of hydrogen-bond donors (Lipinski definition) is 2. The number of nitrogens with zero attached hydrogens (tertiary/aromatic N) is 1. The van der Waals surface area contributed by atoms with Crippen LogP contribution in [-0.2, 0) is 4.79 Å². The highest BCUT2D eigenvalue weighted by Gasteiger charge is 2.18. The maximum absolute atomic E-state index is 12.3. The van der Waals surface area contributed by atoms with Crippen molar-refractivity contribution in [1.29, 1.82) is 0 Å². The van der Waals surface area contributed by atoms with E-state index < -0.39 is 0 Å². The Kier molecular flexibility index (Phi) is 7.67. The summed E-state index contributed by atoms with van der Waals surface area (Å²) in [6.45, 7) is 1.97. The molecule has 0 saturated carbocycles. The molecule has 1 aromatic heterocycles. The average molecular weight is 368 g/mol. The van der Waals surface area contributed by atoms with E-state index in [2.05, 4.69) is 10.3 Å². The van der Waals surface area contributed by atoms with Crippen LogP contribution in [0.1, 0.15) is 37.9 Å². The van der Waals surface area contributed by atoms with Crippen LogP contribution in [0.3, 0.4) is 0 Å². The molecule has 0 spiro atoms. The number of nitrogens with two attached hydrogens (primary N) is 1. The Morgan fingerprint density at radius 1 is 1.17 bits per heavy atom. The van der Waals surface area contributed by atoms with Crippen molar-refractivity contribution in [3.8, 4) is 11.1 Å². The summed E-state index contributed by atoms with van der Waals surface area (Å²) < 4.78 is 0. The van der Waals surface area contributed by atoms with Crippen molar-refractivity contribution >= 4 is 36.4 Å². The summed E-state index contributed by atoms with van der Waals surface area (Å²) >= 11 is 0. The third-order valence-electron chi connectivity index (χ3n) is 4.26. The zero-order valence-corrected chi connectivity index (χ0v) is 15.2. The molecule has 1 aliphatic heterocycles. The number of halogens is 2. The molecule has 0 saturated heterocycles. The van der Waals surface area contributed by atoms with Gasteiger partial charge in [0.05, 0.1) is 5.69 Å². The van der Waals surface area contributed by atoms with E-state index in [0.717, 1.165) is 41.8 Å². The fourth-order valence-corrected chi connectivity index (χ4v) is 2.84. The van der Waals surface area contributed by atoms with Crippen molar-refractivity contribution in [3.05, 3.63) is 48.3 Å². The van der Waals surface area contributed by atoms with E-state index in [1.165, 1.54) is 0 Å². The lowest BCUT2D eigenvalue weighted by atomic mass is 9.96. The number of para-hydroxylation sites is 1. The second-order valence-electron chi connectivity index (χ2n) is 5.94. The predicted molar refractivity (Wildman–Crippen MR) is 103 cm³/mol. The molecule has 0 fully saturated rings. The van der Waals surface area contributed by atoms with Crippen molar-refractivity contribution in [2.75, 3.05) is 5.32 Å². The number of benzene rings is 1. The molecular weight excluding hydrogens is 345 g/mol. The quantitative estimate of drug-likeness (QED) is 0.726. The third-order valence-corrected chi connectivity index (χ3v) is 4.26. The summed E-state index contributed by atoms with van der Waals surface area (Å²) in [5.74, 6) is 0.0434. The van der Waals surface area contributed by atoms with Crippen LogP contribution < -0.4 is 11.1 Å². The fraction of sp³-hybridized carbons (Fsp3) is 0.333. The summed E-state index contributed by atoms with van der Waals surface area (Å²) in [5.41, 5.74) is 10.0. The number of carbonyl (C=O) groups is 1. The molecular formula is C18H23Cl2N3O. The molecule has 6 heteroatoms. The van der Waals surface area contributed by atoms with Gasteiger partial charge in [-0.2, -0.15) is 0 Å². The Morgan fingerprint density at radius 2 is 1.92 bits per heavy atom. The fourth-order valence-electron chi connectivity index (χ4n) is 2.84. The molecule has 0 unspecified atom stereocenters. The Bertz CT molecular complexity index is 693. The van der Waals surface area contributed by atoms with Crippen LogP contribution >= 0.6 is 24.8 Å². The second-order valence-corrected chi connectivity index (χ2v) is 5.94. The van der Waals surface area contributed by atoms with E-state index in [1.54, 1.807) is 6.20 Å². The van der Waals surface area contributed by atoms with E-state index in [-0.39, 0.29) is 42.7 Å². The number of anilines is 1. The number of nitrogens with one attached hydrogen (secondary N) is 1. The Balaban J connectivity index is 0.00000144. The Morgan fingerprint density at radius 3 is 2.71 bits per heavy atom. The first-order valence-corrected chi connectivity index (χ1v) is 7.77. The lowest BCUT2D eigenvalue weighted by Gasteiger charge is -2.19. The predicted octanol–water partition coefficient (Wildman–Crippen LogP) is 4.35. The van der Waals surface area contributed by atoms with Crippen LogP contribution in [0.5, 0.6) is 0 Å². The molecule has 2 aromatic rings. The van der Waals surface area contributed by atoms with E-state index in [4.69, 9.17) is 5.73 Å². The molecule has 130 valence electrons. The lowest BCUT2D eigenvalue weighted by Crippen LogP contribution is -2.22. The number of pyridine rings is 1. The summed E-state index contributed by atoms with van der Waals surface area (Å²) in [5, 5.41) is 3.06. The van der Waals surface area contributed by atoms with Crippen molar-refractivity contribution < 1.29 is 4.79 Å². The number of fused-ring (bicyclic) bond motifs is 4. The summed E-state index contributed by atoms with van der Waals surface area (Å²) in [6.07, 6.45) is 4.39. The minimum Gasteiger partial charge on any atom is -0.325 e. The van der Waals surface area contributed by atoms with Crippen molar-refractivity contribution in [2.24, 2.45) is 11.7 Å². The van der Waals surface area contributed by atoms with Gasteiger partial charge >= 0.3 is 0 Å². The topological polar surface area (TPSA) is 68.0 Å². The zero-order valence-electron chi connectivity index (χ0n) is 13.6. The van der Waals surface area contributed by atoms with Gasteiger partial charge in [-0.05, 0) is 36.6 Å². The van der Waals surface area contributed by atoms with Crippen molar-refractivity contribution in [2.45, 2.75) is 32.2 Å². The number of hydrogen-bond acceptors (Lipinski definition) is 3. The maximum atomic E-state index is 12.3. The number of amides is 1. The van der Waals surface area contributed by atoms with Crippen molar-refractivity contribution in [1.82, 2.24) is 4.98 Å². The molecule has 2 heterocycles. The van der Waals surface area contributed by atoms with E-state index >= 15 is 0 Å². The molecule has 0 radical (unpaired) electrons.